The zero-order chi connectivity index (χ0) is 24.7. The summed E-state index contributed by atoms with van der Waals surface area (Å²) < 4.78 is 8.27. The fraction of sp³-hybridized carbons (Fsp3) is 0.281. The molecule has 0 aliphatic heterocycles. The van der Waals surface area contributed by atoms with Crippen LogP contribution in [0.15, 0.2) is 90.4 Å². The van der Waals surface area contributed by atoms with Crippen LogP contribution in [0, 0.1) is 0 Å². The topological polar surface area (TPSA) is 27.1 Å². The summed E-state index contributed by atoms with van der Waals surface area (Å²) in [6.45, 7) is 5.90. The maximum Gasteiger partial charge on any atom is 0.140 e. The van der Waals surface area contributed by atoms with Crippen molar-refractivity contribution in [3.05, 3.63) is 107 Å². The summed E-state index contributed by atoms with van der Waals surface area (Å²) >= 11 is 1.65. The molecule has 0 bridgehead atoms. The second kappa shape index (κ2) is 11.6. The molecule has 2 aromatic heterocycles. The van der Waals surface area contributed by atoms with E-state index in [0.717, 1.165) is 23.0 Å². The van der Waals surface area contributed by atoms with E-state index in [1.54, 1.807) is 11.3 Å². The molecular weight excluding hydrogens is 460 g/mol. The number of hydrogen-bond acceptors (Lipinski definition) is 3. The molecule has 5 rings (SSSR count). The van der Waals surface area contributed by atoms with Crippen molar-refractivity contribution in [1.29, 1.82) is 0 Å². The van der Waals surface area contributed by atoms with Gasteiger partial charge < -0.3 is 9.30 Å². The maximum atomic E-state index is 5.91. The Morgan fingerprint density at radius 3 is 2.33 bits per heavy atom. The van der Waals surface area contributed by atoms with Crippen LogP contribution < -0.4 is 4.74 Å². The van der Waals surface area contributed by atoms with Gasteiger partial charge in [-0.25, -0.2) is 4.98 Å². The lowest BCUT2D eigenvalue weighted by Gasteiger charge is -2.16. The summed E-state index contributed by atoms with van der Waals surface area (Å²) in [6.07, 6.45) is 7.27. The van der Waals surface area contributed by atoms with Gasteiger partial charge in [0.05, 0.1) is 5.69 Å². The average molecular weight is 495 g/mol. The third kappa shape index (κ3) is 5.55. The van der Waals surface area contributed by atoms with Gasteiger partial charge >= 0.3 is 0 Å². The minimum atomic E-state index is 0.483. The van der Waals surface area contributed by atoms with Crippen molar-refractivity contribution in [3.63, 3.8) is 0 Å². The Hall–Kier alpha value is -3.37. The van der Waals surface area contributed by atoms with E-state index in [0.29, 0.717) is 12.5 Å². The lowest BCUT2D eigenvalue weighted by molar-refractivity contribution is 0.305. The molecule has 0 aliphatic carbocycles. The highest BCUT2D eigenvalue weighted by Crippen LogP contribution is 2.33. The number of para-hydroxylation sites is 2. The monoisotopic (exact) mass is 494 g/mol. The Morgan fingerprint density at radius 2 is 1.58 bits per heavy atom. The quantitative estimate of drug-likeness (QED) is 0.183. The molecule has 184 valence electrons. The van der Waals surface area contributed by atoms with Crippen LogP contribution in [0.25, 0.3) is 22.2 Å². The minimum Gasteiger partial charge on any atom is -0.486 e. The van der Waals surface area contributed by atoms with E-state index in [1.807, 2.05) is 30.3 Å². The number of benzene rings is 3. The van der Waals surface area contributed by atoms with Gasteiger partial charge in [0, 0.05) is 34.6 Å². The summed E-state index contributed by atoms with van der Waals surface area (Å²) in [4.78, 5) is 4.91. The van der Waals surface area contributed by atoms with E-state index in [-0.39, 0.29) is 0 Å². The Morgan fingerprint density at radius 1 is 0.861 bits per heavy atom. The molecule has 0 unspecified atom stereocenters. The lowest BCUT2D eigenvalue weighted by atomic mass is 9.90. The molecule has 3 aromatic carbocycles. The number of nitrogens with zero attached hydrogens (tertiary/aromatic N) is 2. The van der Waals surface area contributed by atoms with Gasteiger partial charge in [-0.3, -0.25) is 0 Å². The Labute approximate surface area is 218 Å². The smallest absolute Gasteiger partial charge is 0.140 e. The van der Waals surface area contributed by atoms with E-state index in [4.69, 9.17) is 9.72 Å². The van der Waals surface area contributed by atoms with Gasteiger partial charge in [-0.2, -0.15) is 0 Å². The first kappa shape index (κ1) is 24.3. The zero-order valence-electron chi connectivity index (χ0n) is 21.2. The number of aromatic nitrogens is 2. The third-order valence-corrected chi connectivity index (χ3v) is 7.62. The van der Waals surface area contributed by atoms with E-state index in [1.165, 1.54) is 53.3 Å². The molecule has 0 saturated carbocycles. The molecular formula is C32H34N2OS. The molecule has 0 radical (unpaired) electrons. The number of ether oxygens (including phenoxy) is 1. The molecule has 0 N–H and O–H groups in total. The molecule has 0 amide bonds. The Kier molecular flexibility index (Phi) is 7.82. The standard InChI is InChI=1S/C32H34N2OS/c1-3-10-25(11-4-2)26-18-16-24(17-19-26)20-34-21-29(28-14-8-9-15-31(28)34)30-23-36-32(33-30)22-35-27-12-6-5-7-13-27/h5-9,12-19,21,23,25H,3-4,10-11,20,22H2,1-2H3. The molecule has 0 saturated heterocycles. The highest BCUT2D eigenvalue weighted by molar-refractivity contribution is 7.09. The molecule has 0 aliphatic rings. The Balaban J connectivity index is 1.36. The number of hydrogen-bond donors (Lipinski definition) is 0. The molecule has 0 fully saturated rings. The maximum absolute atomic E-state index is 5.91. The largest absolute Gasteiger partial charge is 0.486 e. The van der Waals surface area contributed by atoms with E-state index < -0.39 is 0 Å². The fourth-order valence-corrected chi connectivity index (χ4v) is 5.72. The normalized spacial score (nSPS) is 11.4. The third-order valence-electron chi connectivity index (χ3n) is 6.80. The van der Waals surface area contributed by atoms with Crippen LogP contribution in [0.1, 0.15) is 61.6 Å². The average Bonchev–Trinajstić information content (AvgIpc) is 3.53. The van der Waals surface area contributed by atoms with Crippen molar-refractivity contribution in [2.24, 2.45) is 0 Å². The van der Waals surface area contributed by atoms with Crippen LogP contribution in [0.4, 0.5) is 0 Å². The first-order valence-corrected chi connectivity index (χ1v) is 13.9. The summed E-state index contributed by atoms with van der Waals surface area (Å²) in [5.41, 5.74) is 6.23. The van der Waals surface area contributed by atoms with Gasteiger partial charge in [0.15, 0.2) is 0 Å². The predicted octanol–water partition coefficient (Wildman–Crippen LogP) is 9.08. The molecule has 0 atom stereocenters. The Bertz CT molecular complexity index is 1380. The van der Waals surface area contributed by atoms with Gasteiger partial charge in [-0.1, -0.05) is 87.4 Å². The fourth-order valence-electron chi connectivity index (χ4n) is 5.01. The molecule has 2 heterocycles. The summed E-state index contributed by atoms with van der Waals surface area (Å²) in [6, 6.07) is 27.9. The molecule has 5 aromatic rings. The minimum absolute atomic E-state index is 0.483. The van der Waals surface area contributed by atoms with Gasteiger partial charge in [0.25, 0.3) is 0 Å². The second-order valence-corrected chi connectivity index (χ2v) is 10.4. The van der Waals surface area contributed by atoms with Gasteiger partial charge in [0.2, 0.25) is 0 Å². The van der Waals surface area contributed by atoms with Crippen LogP contribution in [0.2, 0.25) is 0 Å². The number of rotatable bonds is 11. The van der Waals surface area contributed by atoms with Gasteiger partial charge in [-0.15, -0.1) is 11.3 Å². The van der Waals surface area contributed by atoms with Gasteiger partial charge in [-0.05, 0) is 48.1 Å². The molecule has 4 heteroatoms. The molecule has 36 heavy (non-hydrogen) atoms. The van der Waals surface area contributed by atoms with E-state index in [2.05, 4.69) is 78.5 Å². The molecule has 3 nitrogen and oxygen atoms in total. The first-order chi connectivity index (χ1) is 17.7. The van der Waals surface area contributed by atoms with Crippen molar-refractivity contribution in [3.8, 4) is 17.0 Å². The van der Waals surface area contributed by atoms with Crippen LogP contribution in [0.5, 0.6) is 5.75 Å². The first-order valence-electron chi connectivity index (χ1n) is 13.0. The second-order valence-electron chi connectivity index (χ2n) is 9.43. The number of thiazole rings is 1. The zero-order valence-corrected chi connectivity index (χ0v) is 22.0. The van der Waals surface area contributed by atoms with Crippen LogP contribution in [-0.4, -0.2) is 9.55 Å². The van der Waals surface area contributed by atoms with Crippen molar-refractivity contribution in [2.45, 2.75) is 58.6 Å². The SMILES string of the molecule is CCCC(CCC)c1ccc(Cn2cc(-c3csc(COc4ccccc4)n3)c3ccccc32)cc1. The van der Waals surface area contributed by atoms with Crippen molar-refractivity contribution >= 4 is 22.2 Å². The summed E-state index contributed by atoms with van der Waals surface area (Å²) in [5.74, 6) is 1.55. The van der Waals surface area contributed by atoms with Crippen LogP contribution in [0.3, 0.4) is 0 Å². The molecule has 0 spiro atoms. The van der Waals surface area contributed by atoms with Crippen molar-refractivity contribution in [1.82, 2.24) is 9.55 Å². The highest BCUT2D eigenvalue weighted by atomic mass is 32.1. The number of fused-ring (bicyclic) bond motifs is 1. The van der Waals surface area contributed by atoms with Gasteiger partial charge in [0.1, 0.15) is 17.4 Å². The highest BCUT2D eigenvalue weighted by Gasteiger charge is 2.14. The van der Waals surface area contributed by atoms with Crippen LogP contribution in [-0.2, 0) is 13.2 Å². The summed E-state index contributed by atoms with van der Waals surface area (Å²) in [5, 5.41) is 4.36. The van der Waals surface area contributed by atoms with Crippen molar-refractivity contribution < 1.29 is 4.74 Å². The lowest BCUT2D eigenvalue weighted by Crippen LogP contribution is -2.01. The predicted molar refractivity (Wildman–Crippen MR) is 152 cm³/mol. The van der Waals surface area contributed by atoms with E-state index in [9.17, 15) is 0 Å². The van der Waals surface area contributed by atoms with Crippen LogP contribution >= 0.6 is 11.3 Å². The van der Waals surface area contributed by atoms with E-state index >= 15 is 0 Å². The summed E-state index contributed by atoms with van der Waals surface area (Å²) in [7, 11) is 0. The van der Waals surface area contributed by atoms with Crippen molar-refractivity contribution in [2.75, 3.05) is 0 Å².